The first kappa shape index (κ1) is 12.4. The zero-order valence-corrected chi connectivity index (χ0v) is 10.9. The van der Waals surface area contributed by atoms with E-state index in [0.29, 0.717) is 10.9 Å². The fraction of sp³-hybridized carbons (Fsp3) is 0.250. The third-order valence-corrected chi connectivity index (χ3v) is 3.65. The molecule has 0 aliphatic heterocycles. The summed E-state index contributed by atoms with van der Waals surface area (Å²) in [5.41, 5.74) is 1.91. The number of aryl methyl sites for hydroxylation is 1. The van der Waals surface area contributed by atoms with Crippen molar-refractivity contribution in [3.05, 3.63) is 45.4 Å². The molecule has 0 aliphatic carbocycles. The average molecular weight is 269 g/mol. The van der Waals surface area contributed by atoms with Crippen molar-refractivity contribution >= 4 is 28.6 Å². The average Bonchev–Trinajstić information content (AvgIpc) is 2.73. The van der Waals surface area contributed by atoms with Crippen LogP contribution < -0.4 is 5.32 Å². The minimum atomic E-state index is -0.541. The lowest BCUT2D eigenvalue weighted by Gasteiger charge is -2.11. The molecule has 2 rings (SSSR count). The van der Waals surface area contributed by atoms with Crippen molar-refractivity contribution in [3.63, 3.8) is 0 Å². The van der Waals surface area contributed by atoms with E-state index in [0.717, 1.165) is 16.3 Å². The van der Waals surface area contributed by atoms with E-state index < -0.39 is 6.10 Å². The van der Waals surface area contributed by atoms with Gasteiger partial charge >= 0.3 is 0 Å². The number of aliphatic hydroxyl groups is 1. The highest BCUT2D eigenvalue weighted by atomic mass is 35.5. The number of thiophene rings is 1. The summed E-state index contributed by atoms with van der Waals surface area (Å²) in [5.74, 6) is 0. The Balaban J connectivity index is 1.94. The molecule has 0 saturated carbocycles. The highest BCUT2D eigenvalue weighted by molar-refractivity contribution is 7.16. The topological polar surface area (TPSA) is 45.1 Å². The van der Waals surface area contributed by atoms with Crippen LogP contribution in [0.3, 0.4) is 0 Å². The summed E-state index contributed by atoms with van der Waals surface area (Å²) in [6.45, 7) is 2.39. The molecule has 0 aliphatic rings. The third-order valence-electron chi connectivity index (χ3n) is 2.32. The molecule has 0 radical (unpaired) electrons. The molecule has 5 heteroatoms. The van der Waals surface area contributed by atoms with Crippen molar-refractivity contribution in [2.45, 2.75) is 13.0 Å². The number of pyridine rings is 1. The summed E-state index contributed by atoms with van der Waals surface area (Å²) in [4.78, 5) is 4.98. The van der Waals surface area contributed by atoms with Crippen LogP contribution in [0, 0.1) is 6.92 Å². The molecule has 1 unspecified atom stereocenters. The van der Waals surface area contributed by atoms with Gasteiger partial charge in [0, 0.05) is 29.0 Å². The van der Waals surface area contributed by atoms with Crippen molar-refractivity contribution in [2.75, 3.05) is 11.9 Å². The van der Waals surface area contributed by atoms with E-state index in [-0.39, 0.29) is 0 Å². The lowest BCUT2D eigenvalue weighted by Crippen LogP contribution is -2.11. The molecule has 90 valence electrons. The quantitative estimate of drug-likeness (QED) is 0.895. The van der Waals surface area contributed by atoms with E-state index in [1.807, 2.05) is 25.1 Å². The predicted molar refractivity (Wildman–Crippen MR) is 71.8 cm³/mol. The highest BCUT2D eigenvalue weighted by Gasteiger charge is 2.09. The van der Waals surface area contributed by atoms with Gasteiger partial charge in [-0.25, -0.2) is 0 Å². The molecule has 0 aromatic carbocycles. The number of halogens is 1. The molecule has 1 atom stereocenters. The molecule has 2 aromatic heterocycles. The van der Waals surface area contributed by atoms with Crippen LogP contribution in [-0.2, 0) is 0 Å². The van der Waals surface area contributed by atoms with E-state index in [1.165, 1.54) is 11.3 Å². The molecule has 17 heavy (non-hydrogen) atoms. The summed E-state index contributed by atoms with van der Waals surface area (Å²) < 4.78 is 0.693. The Morgan fingerprint density at radius 2 is 2.29 bits per heavy atom. The van der Waals surface area contributed by atoms with Gasteiger partial charge in [0.25, 0.3) is 0 Å². The van der Waals surface area contributed by atoms with Gasteiger partial charge in [-0.15, -0.1) is 11.3 Å². The molecule has 2 N–H and O–H groups in total. The van der Waals surface area contributed by atoms with Gasteiger partial charge in [-0.3, -0.25) is 4.98 Å². The minimum Gasteiger partial charge on any atom is -0.386 e. The van der Waals surface area contributed by atoms with Gasteiger partial charge in [0.1, 0.15) is 6.10 Å². The molecule has 0 fully saturated rings. The van der Waals surface area contributed by atoms with E-state index in [2.05, 4.69) is 10.3 Å². The van der Waals surface area contributed by atoms with Gasteiger partial charge in [0.2, 0.25) is 0 Å². The Bertz CT molecular complexity index is 501. The Hall–Kier alpha value is -1.10. The van der Waals surface area contributed by atoms with Gasteiger partial charge in [-0.1, -0.05) is 11.6 Å². The smallest absolute Gasteiger partial charge is 0.105 e. The summed E-state index contributed by atoms with van der Waals surface area (Å²) in [6.07, 6.45) is 1.20. The van der Waals surface area contributed by atoms with Gasteiger partial charge in [-0.05, 0) is 31.2 Å². The van der Waals surface area contributed by atoms with Crippen molar-refractivity contribution < 1.29 is 5.11 Å². The lowest BCUT2D eigenvalue weighted by molar-refractivity contribution is 0.195. The van der Waals surface area contributed by atoms with Crippen LogP contribution in [0.1, 0.15) is 16.7 Å². The molecule has 2 aromatic rings. The predicted octanol–water partition coefficient (Wildman–Crippen LogP) is 3.25. The van der Waals surface area contributed by atoms with Crippen LogP contribution in [0.4, 0.5) is 5.69 Å². The van der Waals surface area contributed by atoms with Crippen LogP contribution >= 0.6 is 22.9 Å². The van der Waals surface area contributed by atoms with Crippen LogP contribution in [0.2, 0.25) is 4.34 Å². The molecular weight excluding hydrogens is 256 g/mol. The first-order chi connectivity index (χ1) is 8.15. The van der Waals surface area contributed by atoms with E-state index in [4.69, 9.17) is 11.6 Å². The number of anilines is 1. The largest absolute Gasteiger partial charge is 0.386 e. The highest BCUT2D eigenvalue weighted by Crippen LogP contribution is 2.27. The fourth-order valence-corrected chi connectivity index (χ4v) is 2.52. The van der Waals surface area contributed by atoms with Crippen LogP contribution in [0.5, 0.6) is 0 Å². The Morgan fingerprint density at radius 3 is 2.94 bits per heavy atom. The summed E-state index contributed by atoms with van der Waals surface area (Å²) in [6, 6.07) is 7.45. The molecule has 0 spiro atoms. The molecule has 3 nitrogen and oxygen atoms in total. The van der Waals surface area contributed by atoms with E-state index in [9.17, 15) is 5.11 Å². The summed E-state index contributed by atoms with van der Waals surface area (Å²) in [7, 11) is 0. The number of hydrogen-bond donors (Lipinski definition) is 2. The normalized spacial score (nSPS) is 12.4. The molecular formula is C12H13ClN2OS. The molecule has 0 amide bonds. The zero-order valence-electron chi connectivity index (χ0n) is 9.35. The standard InChI is InChI=1S/C12H13ClN2OS/c1-8-6-9(4-5-14-8)15-7-10(16)11-2-3-12(13)17-11/h2-6,10,16H,7H2,1H3,(H,14,15). The van der Waals surface area contributed by atoms with Crippen LogP contribution in [-0.4, -0.2) is 16.6 Å². The van der Waals surface area contributed by atoms with Crippen molar-refractivity contribution in [2.24, 2.45) is 0 Å². The van der Waals surface area contributed by atoms with E-state index >= 15 is 0 Å². The molecule has 0 saturated heterocycles. The number of rotatable bonds is 4. The Labute approximate surface area is 109 Å². The first-order valence-corrected chi connectivity index (χ1v) is 6.44. The second-order valence-electron chi connectivity index (χ2n) is 3.72. The minimum absolute atomic E-state index is 0.459. The Kier molecular flexibility index (Phi) is 3.99. The number of hydrogen-bond acceptors (Lipinski definition) is 4. The van der Waals surface area contributed by atoms with Gasteiger partial charge < -0.3 is 10.4 Å². The summed E-state index contributed by atoms with van der Waals surface area (Å²) >= 11 is 7.22. The maximum absolute atomic E-state index is 9.94. The number of aliphatic hydroxyl groups excluding tert-OH is 1. The van der Waals surface area contributed by atoms with Gasteiger partial charge in [0.05, 0.1) is 4.34 Å². The van der Waals surface area contributed by atoms with Crippen molar-refractivity contribution in [3.8, 4) is 0 Å². The van der Waals surface area contributed by atoms with Gasteiger partial charge in [0.15, 0.2) is 0 Å². The molecule has 0 bridgehead atoms. The second kappa shape index (κ2) is 5.49. The number of nitrogens with zero attached hydrogens (tertiary/aromatic N) is 1. The maximum atomic E-state index is 9.94. The van der Waals surface area contributed by atoms with Gasteiger partial charge in [-0.2, -0.15) is 0 Å². The lowest BCUT2D eigenvalue weighted by atomic mass is 10.2. The molecule has 2 heterocycles. The van der Waals surface area contributed by atoms with Crippen LogP contribution in [0.25, 0.3) is 0 Å². The zero-order chi connectivity index (χ0) is 12.3. The fourth-order valence-electron chi connectivity index (χ4n) is 1.48. The maximum Gasteiger partial charge on any atom is 0.105 e. The van der Waals surface area contributed by atoms with Crippen LogP contribution in [0.15, 0.2) is 30.5 Å². The summed E-state index contributed by atoms with van der Waals surface area (Å²) in [5, 5.41) is 13.1. The SMILES string of the molecule is Cc1cc(NCC(O)c2ccc(Cl)s2)ccn1. The second-order valence-corrected chi connectivity index (χ2v) is 5.47. The monoisotopic (exact) mass is 268 g/mol. The van der Waals surface area contributed by atoms with Crippen molar-refractivity contribution in [1.82, 2.24) is 4.98 Å². The third kappa shape index (κ3) is 3.43. The number of nitrogens with one attached hydrogen (secondary N) is 1. The van der Waals surface area contributed by atoms with Crippen molar-refractivity contribution in [1.29, 1.82) is 0 Å². The Morgan fingerprint density at radius 1 is 1.47 bits per heavy atom. The number of aromatic nitrogens is 1. The van der Waals surface area contributed by atoms with E-state index in [1.54, 1.807) is 12.3 Å². The first-order valence-electron chi connectivity index (χ1n) is 5.25.